The second-order valence-corrected chi connectivity index (χ2v) is 10.1. The Hall–Kier alpha value is -5.07. The van der Waals surface area contributed by atoms with Crippen LogP contribution in [0.3, 0.4) is 0 Å². The minimum atomic E-state index is -0.555. The molecule has 2 atom stereocenters. The summed E-state index contributed by atoms with van der Waals surface area (Å²) in [6.45, 7) is 0.986. The Kier molecular flexibility index (Phi) is 10.1. The molecule has 1 aliphatic rings. The fourth-order valence-electron chi connectivity index (χ4n) is 4.69. The largest absolute Gasteiger partial charge is 0.508 e. The normalized spacial score (nSPS) is 16.3. The number of carbonyl (C=O) groups is 1. The number of benzene rings is 4. The van der Waals surface area contributed by atoms with Crippen LogP contribution in [-0.2, 0) is 29.3 Å². The third-order valence-electron chi connectivity index (χ3n) is 6.98. The number of allylic oxidation sites excluding steroid dienone is 2. The number of ketones is 1. The summed E-state index contributed by atoms with van der Waals surface area (Å²) in [6, 6.07) is 34.5. The van der Waals surface area contributed by atoms with Gasteiger partial charge in [0.1, 0.15) is 24.7 Å². The summed E-state index contributed by atoms with van der Waals surface area (Å²) in [5.41, 5.74) is 3.44. The number of hydrogen-bond acceptors (Lipinski definition) is 6. The molecule has 0 aromatic heterocycles. The van der Waals surface area contributed by atoms with E-state index in [-0.39, 0.29) is 11.5 Å². The highest BCUT2D eigenvalue weighted by Crippen LogP contribution is 2.32. The van der Waals surface area contributed by atoms with Crippen LogP contribution >= 0.6 is 0 Å². The van der Waals surface area contributed by atoms with Gasteiger partial charge >= 0.3 is 0 Å². The van der Waals surface area contributed by atoms with Crippen molar-refractivity contribution in [1.82, 2.24) is 0 Å². The summed E-state index contributed by atoms with van der Waals surface area (Å²) >= 11 is 0. The number of hydrogen-bond donors (Lipinski definition) is 1. The molecule has 0 amide bonds. The van der Waals surface area contributed by atoms with Gasteiger partial charge in [-0.1, -0.05) is 97.1 Å². The molecule has 6 heteroatoms. The van der Waals surface area contributed by atoms with E-state index in [1.165, 1.54) is 6.08 Å². The first-order valence-corrected chi connectivity index (χ1v) is 14.1. The number of aliphatic hydroxyl groups excluding tert-OH is 1. The predicted octanol–water partition coefficient (Wildman–Crippen LogP) is 7.77. The first kappa shape index (κ1) is 29.4. The van der Waals surface area contributed by atoms with E-state index in [0.29, 0.717) is 42.6 Å². The standard InChI is InChI=1S/C37H34O6/c1-40-34-20-17-30(21-37(34)43-26-29-15-9-4-10-16-29)33(39)19-18-32-35(41-24-27-11-5-2-6-12-27)22-31(38)23-36(32)42-25-28-13-7-3-8-14-28/h2-23,32,35,38H,24-26H2,1H3. The summed E-state index contributed by atoms with van der Waals surface area (Å²) < 4.78 is 23.9. The molecule has 2 unspecified atom stereocenters. The molecule has 0 heterocycles. The zero-order valence-electron chi connectivity index (χ0n) is 24.0. The molecule has 0 spiro atoms. The molecule has 0 saturated heterocycles. The Morgan fingerprint density at radius 1 is 0.744 bits per heavy atom. The lowest BCUT2D eigenvalue weighted by Crippen LogP contribution is -2.27. The van der Waals surface area contributed by atoms with Crippen molar-refractivity contribution in [1.29, 1.82) is 0 Å². The molecule has 5 rings (SSSR count). The van der Waals surface area contributed by atoms with Gasteiger partial charge in [-0.15, -0.1) is 0 Å². The third-order valence-corrected chi connectivity index (χ3v) is 6.98. The first-order valence-electron chi connectivity index (χ1n) is 14.1. The third kappa shape index (κ3) is 8.24. The van der Waals surface area contributed by atoms with Gasteiger partial charge in [0.05, 0.1) is 25.7 Å². The highest BCUT2D eigenvalue weighted by Gasteiger charge is 2.28. The van der Waals surface area contributed by atoms with Crippen LogP contribution in [0.25, 0.3) is 0 Å². The van der Waals surface area contributed by atoms with Crippen LogP contribution in [0.15, 0.2) is 145 Å². The molecule has 6 nitrogen and oxygen atoms in total. The van der Waals surface area contributed by atoms with Crippen molar-refractivity contribution < 1.29 is 28.8 Å². The maximum absolute atomic E-state index is 13.4. The van der Waals surface area contributed by atoms with Gasteiger partial charge < -0.3 is 24.1 Å². The van der Waals surface area contributed by atoms with Crippen LogP contribution in [0.1, 0.15) is 27.0 Å². The van der Waals surface area contributed by atoms with E-state index in [9.17, 15) is 9.90 Å². The second kappa shape index (κ2) is 14.7. The lowest BCUT2D eigenvalue weighted by atomic mass is 9.93. The van der Waals surface area contributed by atoms with Crippen LogP contribution < -0.4 is 9.47 Å². The lowest BCUT2D eigenvalue weighted by molar-refractivity contribution is 0.0290. The van der Waals surface area contributed by atoms with Crippen molar-refractivity contribution in [3.63, 3.8) is 0 Å². The number of aliphatic hydroxyl groups is 1. The zero-order valence-corrected chi connectivity index (χ0v) is 24.0. The quantitative estimate of drug-likeness (QED) is 0.130. The molecule has 4 aromatic rings. The van der Waals surface area contributed by atoms with Crippen molar-refractivity contribution in [3.8, 4) is 11.5 Å². The van der Waals surface area contributed by atoms with E-state index in [2.05, 4.69) is 0 Å². The van der Waals surface area contributed by atoms with E-state index in [4.69, 9.17) is 18.9 Å². The summed E-state index contributed by atoms with van der Waals surface area (Å²) in [4.78, 5) is 13.4. The molecule has 43 heavy (non-hydrogen) atoms. The Bertz CT molecular complexity index is 1580. The van der Waals surface area contributed by atoms with Gasteiger partial charge in [-0.2, -0.15) is 0 Å². The molecular formula is C37H34O6. The lowest BCUT2D eigenvalue weighted by Gasteiger charge is -2.28. The highest BCUT2D eigenvalue weighted by atomic mass is 16.5. The van der Waals surface area contributed by atoms with Crippen molar-refractivity contribution in [2.24, 2.45) is 5.92 Å². The van der Waals surface area contributed by atoms with Crippen molar-refractivity contribution >= 4 is 5.78 Å². The number of ether oxygens (including phenoxy) is 4. The van der Waals surface area contributed by atoms with Crippen LogP contribution in [0.2, 0.25) is 0 Å². The van der Waals surface area contributed by atoms with Gasteiger partial charge in [0, 0.05) is 11.6 Å². The number of carbonyl (C=O) groups excluding carboxylic acids is 1. The molecule has 218 valence electrons. The summed E-state index contributed by atoms with van der Waals surface area (Å²) in [5.74, 6) is 0.916. The minimum absolute atomic E-state index is 0.0486. The Labute approximate surface area is 252 Å². The molecule has 0 fully saturated rings. The predicted molar refractivity (Wildman–Crippen MR) is 166 cm³/mol. The zero-order chi connectivity index (χ0) is 29.9. The van der Waals surface area contributed by atoms with E-state index >= 15 is 0 Å². The fraction of sp³-hybridized carbons (Fsp3) is 0.162. The number of rotatable bonds is 13. The topological polar surface area (TPSA) is 74.2 Å². The molecule has 0 bridgehead atoms. The van der Waals surface area contributed by atoms with E-state index < -0.39 is 12.0 Å². The molecule has 0 saturated carbocycles. The van der Waals surface area contributed by atoms with Crippen molar-refractivity contribution in [2.75, 3.05) is 7.11 Å². The van der Waals surface area contributed by atoms with Crippen LogP contribution in [0, 0.1) is 5.92 Å². The molecule has 0 radical (unpaired) electrons. The smallest absolute Gasteiger partial charge is 0.185 e. The molecule has 1 aliphatic carbocycles. The Morgan fingerprint density at radius 2 is 1.33 bits per heavy atom. The van der Waals surface area contributed by atoms with Crippen LogP contribution in [0.4, 0.5) is 0 Å². The summed E-state index contributed by atoms with van der Waals surface area (Å²) in [5, 5.41) is 10.5. The second-order valence-electron chi connectivity index (χ2n) is 10.1. The number of methoxy groups -OCH3 is 1. The van der Waals surface area contributed by atoms with E-state index in [1.54, 1.807) is 43.5 Å². The fourth-order valence-corrected chi connectivity index (χ4v) is 4.69. The maximum Gasteiger partial charge on any atom is 0.185 e. The highest BCUT2D eigenvalue weighted by molar-refractivity contribution is 6.05. The molecule has 4 aromatic carbocycles. The summed E-state index contributed by atoms with van der Waals surface area (Å²) in [6.07, 6.45) is 5.95. The monoisotopic (exact) mass is 574 g/mol. The van der Waals surface area contributed by atoms with Crippen molar-refractivity contribution in [2.45, 2.75) is 25.9 Å². The van der Waals surface area contributed by atoms with Gasteiger partial charge in [0.2, 0.25) is 0 Å². The Morgan fingerprint density at radius 3 is 1.93 bits per heavy atom. The average Bonchev–Trinajstić information content (AvgIpc) is 3.06. The van der Waals surface area contributed by atoms with Crippen LogP contribution in [-0.4, -0.2) is 24.1 Å². The van der Waals surface area contributed by atoms with Gasteiger partial charge in [0.15, 0.2) is 17.3 Å². The first-order chi connectivity index (χ1) is 21.1. The average molecular weight is 575 g/mol. The van der Waals surface area contributed by atoms with Gasteiger partial charge in [-0.3, -0.25) is 4.79 Å². The Balaban J connectivity index is 1.35. The van der Waals surface area contributed by atoms with E-state index in [0.717, 1.165) is 16.7 Å². The molecule has 0 aliphatic heterocycles. The SMILES string of the molecule is COc1ccc(C(=O)C=CC2C(OCc3ccccc3)=CC(O)=CC2OCc2ccccc2)cc1OCc1ccccc1. The van der Waals surface area contributed by atoms with Gasteiger partial charge in [-0.25, -0.2) is 0 Å². The van der Waals surface area contributed by atoms with Crippen LogP contribution in [0.5, 0.6) is 11.5 Å². The van der Waals surface area contributed by atoms with Gasteiger partial charge in [0.25, 0.3) is 0 Å². The summed E-state index contributed by atoms with van der Waals surface area (Å²) in [7, 11) is 1.57. The van der Waals surface area contributed by atoms with Gasteiger partial charge in [-0.05, 0) is 47.0 Å². The molecular weight excluding hydrogens is 540 g/mol. The van der Waals surface area contributed by atoms with Crippen molar-refractivity contribution in [3.05, 3.63) is 167 Å². The van der Waals surface area contributed by atoms with E-state index in [1.807, 2.05) is 91.0 Å². The maximum atomic E-state index is 13.4. The molecule has 1 N–H and O–H groups in total. The minimum Gasteiger partial charge on any atom is -0.508 e.